The molecule has 6 heteroatoms. The zero-order valence-electron chi connectivity index (χ0n) is 10.3. The smallest absolute Gasteiger partial charge is 0.326 e. The standard InChI is InChI=1S/C12H16N2O4/c1-3-7(2)10(12(17)18)14-11(16)8-5-4-6-9(15)13-8/h4-7,10H,3H2,1-2H3,(H,13,15)(H,14,16)(H,17,18). The summed E-state index contributed by atoms with van der Waals surface area (Å²) in [5.74, 6) is -1.88. The Morgan fingerprint density at radius 3 is 2.61 bits per heavy atom. The monoisotopic (exact) mass is 252 g/mol. The van der Waals surface area contributed by atoms with E-state index in [9.17, 15) is 14.4 Å². The van der Waals surface area contributed by atoms with Crippen LogP contribution in [0.2, 0.25) is 0 Å². The Morgan fingerprint density at radius 1 is 1.44 bits per heavy atom. The third-order valence-electron chi connectivity index (χ3n) is 2.78. The van der Waals surface area contributed by atoms with E-state index in [1.54, 1.807) is 6.92 Å². The molecule has 0 radical (unpaired) electrons. The molecule has 0 spiro atoms. The molecule has 2 atom stereocenters. The Bertz CT molecular complexity index is 495. The fraction of sp³-hybridized carbons (Fsp3) is 0.417. The molecule has 98 valence electrons. The molecule has 0 fully saturated rings. The summed E-state index contributed by atoms with van der Waals surface area (Å²) in [6.07, 6.45) is 0.628. The van der Waals surface area contributed by atoms with Crippen LogP contribution in [-0.2, 0) is 4.79 Å². The van der Waals surface area contributed by atoms with Crippen LogP contribution >= 0.6 is 0 Å². The molecule has 1 amide bonds. The lowest BCUT2D eigenvalue weighted by Gasteiger charge is -2.19. The molecule has 1 rings (SSSR count). The van der Waals surface area contributed by atoms with Gasteiger partial charge in [-0.3, -0.25) is 9.59 Å². The molecule has 3 N–H and O–H groups in total. The maximum atomic E-state index is 11.8. The van der Waals surface area contributed by atoms with E-state index in [0.29, 0.717) is 6.42 Å². The van der Waals surface area contributed by atoms with Gasteiger partial charge in [0.15, 0.2) is 0 Å². The summed E-state index contributed by atoms with van der Waals surface area (Å²) in [6, 6.07) is 3.17. The number of aromatic nitrogens is 1. The molecule has 0 aromatic carbocycles. The largest absolute Gasteiger partial charge is 0.480 e. The molecule has 0 aliphatic heterocycles. The average molecular weight is 252 g/mol. The van der Waals surface area contributed by atoms with Gasteiger partial charge in [-0.1, -0.05) is 26.3 Å². The van der Waals surface area contributed by atoms with Crippen molar-refractivity contribution >= 4 is 11.9 Å². The number of carboxylic acids is 1. The van der Waals surface area contributed by atoms with E-state index in [1.165, 1.54) is 18.2 Å². The number of hydrogen-bond donors (Lipinski definition) is 3. The van der Waals surface area contributed by atoms with E-state index in [2.05, 4.69) is 10.3 Å². The first-order valence-corrected chi connectivity index (χ1v) is 5.68. The highest BCUT2D eigenvalue weighted by Crippen LogP contribution is 2.08. The van der Waals surface area contributed by atoms with Gasteiger partial charge in [-0.25, -0.2) is 4.79 Å². The topological polar surface area (TPSA) is 99.3 Å². The molecule has 1 aromatic heterocycles. The van der Waals surface area contributed by atoms with Crippen LogP contribution in [0.1, 0.15) is 30.8 Å². The summed E-state index contributed by atoms with van der Waals surface area (Å²) in [6.45, 7) is 3.59. The molecule has 18 heavy (non-hydrogen) atoms. The van der Waals surface area contributed by atoms with Crippen molar-refractivity contribution in [3.05, 3.63) is 34.2 Å². The Hall–Kier alpha value is -2.11. The number of aliphatic carboxylic acids is 1. The minimum absolute atomic E-state index is 0.0528. The third kappa shape index (κ3) is 3.44. The third-order valence-corrected chi connectivity index (χ3v) is 2.78. The van der Waals surface area contributed by atoms with Crippen LogP contribution < -0.4 is 10.9 Å². The average Bonchev–Trinajstić information content (AvgIpc) is 2.34. The van der Waals surface area contributed by atoms with Crippen molar-refractivity contribution in [1.29, 1.82) is 0 Å². The zero-order chi connectivity index (χ0) is 13.7. The maximum Gasteiger partial charge on any atom is 0.326 e. The molecule has 0 aliphatic carbocycles. The number of nitrogens with one attached hydrogen (secondary N) is 2. The molecule has 0 aliphatic rings. The summed E-state index contributed by atoms with van der Waals surface area (Å²) in [5.41, 5.74) is -0.352. The second-order valence-corrected chi connectivity index (χ2v) is 4.10. The molecule has 2 unspecified atom stereocenters. The van der Waals surface area contributed by atoms with E-state index in [1.807, 2.05) is 6.92 Å². The van der Waals surface area contributed by atoms with Crippen LogP contribution in [0.5, 0.6) is 0 Å². The van der Waals surface area contributed by atoms with E-state index < -0.39 is 23.5 Å². The highest BCUT2D eigenvalue weighted by molar-refractivity contribution is 5.94. The van der Waals surface area contributed by atoms with Crippen molar-refractivity contribution in [3.63, 3.8) is 0 Å². The number of rotatable bonds is 5. The number of carboxylic acid groups (broad SMARTS) is 1. The second kappa shape index (κ2) is 6.00. The van der Waals surface area contributed by atoms with Gasteiger partial charge < -0.3 is 15.4 Å². The second-order valence-electron chi connectivity index (χ2n) is 4.10. The van der Waals surface area contributed by atoms with Gasteiger partial charge in [-0.2, -0.15) is 0 Å². The first-order valence-electron chi connectivity index (χ1n) is 5.68. The SMILES string of the molecule is CCC(C)C(NC(=O)c1cccc(=O)[nH]1)C(=O)O. The number of aromatic amines is 1. The highest BCUT2D eigenvalue weighted by Gasteiger charge is 2.25. The lowest BCUT2D eigenvalue weighted by molar-refractivity contribution is -0.140. The molecular formula is C12H16N2O4. The minimum atomic E-state index is -1.09. The molecular weight excluding hydrogens is 236 g/mol. The summed E-state index contributed by atoms with van der Waals surface area (Å²) in [7, 11) is 0. The van der Waals surface area contributed by atoms with Gasteiger partial charge in [0.25, 0.3) is 5.91 Å². The lowest BCUT2D eigenvalue weighted by atomic mass is 9.99. The maximum absolute atomic E-state index is 11.8. The predicted molar refractivity (Wildman–Crippen MR) is 65.4 cm³/mol. The van der Waals surface area contributed by atoms with Crippen molar-refractivity contribution < 1.29 is 14.7 Å². The molecule has 1 aromatic rings. The number of hydrogen-bond acceptors (Lipinski definition) is 3. The van der Waals surface area contributed by atoms with E-state index in [-0.39, 0.29) is 11.6 Å². The van der Waals surface area contributed by atoms with Crippen molar-refractivity contribution in [1.82, 2.24) is 10.3 Å². The lowest BCUT2D eigenvalue weighted by Crippen LogP contribution is -2.45. The molecule has 1 heterocycles. The Morgan fingerprint density at radius 2 is 2.11 bits per heavy atom. The van der Waals surface area contributed by atoms with E-state index in [0.717, 1.165) is 0 Å². The highest BCUT2D eigenvalue weighted by atomic mass is 16.4. The van der Waals surface area contributed by atoms with Gasteiger partial charge in [0.05, 0.1) is 0 Å². The summed E-state index contributed by atoms with van der Waals surface area (Å²) < 4.78 is 0. The van der Waals surface area contributed by atoms with Crippen molar-refractivity contribution in [2.45, 2.75) is 26.3 Å². The quantitative estimate of drug-likeness (QED) is 0.714. The zero-order valence-corrected chi connectivity index (χ0v) is 10.3. The number of pyridine rings is 1. The number of carbonyl (C=O) groups excluding carboxylic acids is 1. The number of carbonyl (C=O) groups is 2. The first kappa shape index (κ1) is 14.0. The fourth-order valence-corrected chi connectivity index (χ4v) is 1.48. The van der Waals surface area contributed by atoms with Crippen LogP contribution in [0.25, 0.3) is 0 Å². The van der Waals surface area contributed by atoms with E-state index in [4.69, 9.17) is 5.11 Å². The fourth-order valence-electron chi connectivity index (χ4n) is 1.48. The van der Waals surface area contributed by atoms with Crippen LogP contribution in [0.4, 0.5) is 0 Å². The van der Waals surface area contributed by atoms with Gasteiger partial charge in [0.2, 0.25) is 5.56 Å². The summed E-state index contributed by atoms with van der Waals surface area (Å²) >= 11 is 0. The molecule has 6 nitrogen and oxygen atoms in total. The van der Waals surface area contributed by atoms with Crippen LogP contribution in [0.15, 0.2) is 23.0 Å². The molecule has 0 bridgehead atoms. The van der Waals surface area contributed by atoms with Crippen molar-refractivity contribution in [2.24, 2.45) is 5.92 Å². The molecule has 0 saturated carbocycles. The predicted octanol–water partition coefficient (Wildman–Crippen LogP) is 0.604. The normalized spacial score (nSPS) is 13.7. The Kier molecular flexibility index (Phi) is 4.65. The van der Waals surface area contributed by atoms with Gasteiger partial charge in [-0.15, -0.1) is 0 Å². The summed E-state index contributed by atoms with van der Waals surface area (Å²) in [4.78, 5) is 36.2. The minimum Gasteiger partial charge on any atom is -0.480 e. The van der Waals surface area contributed by atoms with Crippen LogP contribution in [-0.4, -0.2) is 28.0 Å². The number of H-pyrrole nitrogens is 1. The van der Waals surface area contributed by atoms with Crippen LogP contribution in [0, 0.1) is 5.92 Å². The van der Waals surface area contributed by atoms with Gasteiger partial charge in [0.1, 0.15) is 11.7 Å². The Labute approximate surface area is 104 Å². The molecule has 0 saturated heterocycles. The van der Waals surface area contributed by atoms with Gasteiger partial charge >= 0.3 is 5.97 Å². The van der Waals surface area contributed by atoms with E-state index >= 15 is 0 Å². The first-order chi connectivity index (χ1) is 8.45. The van der Waals surface area contributed by atoms with Crippen molar-refractivity contribution in [2.75, 3.05) is 0 Å². The Balaban J connectivity index is 2.85. The van der Waals surface area contributed by atoms with Crippen LogP contribution in [0.3, 0.4) is 0 Å². The number of amides is 1. The van der Waals surface area contributed by atoms with Gasteiger partial charge in [0, 0.05) is 6.07 Å². The van der Waals surface area contributed by atoms with Crippen molar-refractivity contribution in [3.8, 4) is 0 Å². The summed E-state index contributed by atoms with van der Waals surface area (Å²) in [5, 5.41) is 11.4. The van der Waals surface area contributed by atoms with Gasteiger partial charge in [-0.05, 0) is 12.0 Å².